The molecule has 9 heteroatoms. The van der Waals surface area contributed by atoms with E-state index in [1.54, 1.807) is 18.5 Å². The zero-order chi connectivity index (χ0) is 22.8. The van der Waals surface area contributed by atoms with Crippen molar-refractivity contribution in [3.63, 3.8) is 0 Å². The highest BCUT2D eigenvalue weighted by Crippen LogP contribution is 2.33. The van der Waals surface area contributed by atoms with Gasteiger partial charge in [-0.15, -0.1) is 0 Å². The molecule has 0 radical (unpaired) electrons. The second-order valence-corrected chi connectivity index (χ2v) is 8.19. The molecule has 3 aromatic rings. The van der Waals surface area contributed by atoms with Crippen LogP contribution in [0, 0.1) is 19.7 Å². The molecule has 0 unspecified atom stereocenters. The Hall–Kier alpha value is -3.72. The fourth-order valence-corrected chi connectivity index (χ4v) is 4.34. The second-order valence-electron chi connectivity index (χ2n) is 7.19. The summed E-state index contributed by atoms with van der Waals surface area (Å²) in [6.45, 7) is 3.43. The molecule has 1 saturated heterocycles. The number of rotatable bonds is 5. The number of amides is 3. The van der Waals surface area contributed by atoms with Gasteiger partial charge >= 0.3 is 0 Å². The maximum atomic E-state index is 13.3. The molecule has 0 atom stereocenters. The van der Waals surface area contributed by atoms with Crippen molar-refractivity contribution in [3.8, 4) is 5.69 Å². The molecule has 3 heterocycles. The average molecular weight is 450 g/mol. The van der Waals surface area contributed by atoms with Crippen LogP contribution in [-0.2, 0) is 9.59 Å². The molecule has 0 saturated carbocycles. The van der Waals surface area contributed by atoms with Gasteiger partial charge in [-0.1, -0.05) is 6.07 Å². The lowest BCUT2D eigenvalue weighted by atomic mass is 10.2. The fourth-order valence-electron chi connectivity index (χ4n) is 3.51. The summed E-state index contributed by atoms with van der Waals surface area (Å²) in [5, 5.41) is 1.96. The predicted molar refractivity (Wildman–Crippen MR) is 121 cm³/mol. The molecular weight excluding hydrogens is 431 g/mol. The van der Waals surface area contributed by atoms with Crippen LogP contribution in [0.25, 0.3) is 11.8 Å². The van der Waals surface area contributed by atoms with Gasteiger partial charge in [0.2, 0.25) is 5.91 Å². The number of benzene rings is 1. The molecule has 1 aliphatic rings. The summed E-state index contributed by atoms with van der Waals surface area (Å²) in [6.07, 6.45) is 5.07. The molecule has 7 nitrogen and oxygen atoms in total. The van der Waals surface area contributed by atoms with Crippen molar-refractivity contribution in [2.75, 3.05) is 11.9 Å². The number of imide groups is 1. The highest BCUT2D eigenvalue weighted by Gasteiger charge is 2.36. The summed E-state index contributed by atoms with van der Waals surface area (Å²) in [7, 11) is 0. The van der Waals surface area contributed by atoms with E-state index in [1.165, 1.54) is 18.2 Å². The van der Waals surface area contributed by atoms with Gasteiger partial charge in [0, 0.05) is 35.2 Å². The fraction of sp³-hybridized carbons (Fsp3) is 0.130. The molecule has 0 aliphatic carbocycles. The maximum Gasteiger partial charge on any atom is 0.294 e. The average Bonchev–Trinajstić information content (AvgIpc) is 3.18. The third-order valence-corrected chi connectivity index (χ3v) is 5.87. The third kappa shape index (κ3) is 4.33. The Bertz CT molecular complexity index is 1250. The van der Waals surface area contributed by atoms with Crippen LogP contribution in [0.15, 0.2) is 59.8 Å². The van der Waals surface area contributed by atoms with Gasteiger partial charge in [0.05, 0.1) is 4.91 Å². The van der Waals surface area contributed by atoms with Gasteiger partial charge in [-0.3, -0.25) is 24.3 Å². The molecule has 1 fully saturated rings. The van der Waals surface area contributed by atoms with Gasteiger partial charge in [0.15, 0.2) is 0 Å². The minimum Gasteiger partial charge on any atom is -0.324 e. The molecule has 2 aromatic heterocycles. The van der Waals surface area contributed by atoms with Gasteiger partial charge in [-0.2, -0.15) is 0 Å². The van der Waals surface area contributed by atoms with Crippen LogP contribution in [0.5, 0.6) is 0 Å². The van der Waals surface area contributed by atoms with E-state index in [4.69, 9.17) is 0 Å². The number of anilines is 1. The number of aromatic nitrogens is 2. The molecule has 0 bridgehead atoms. The predicted octanol–water partition coefficient (Wildman–Crippen LogP) is 4.30. The second kappa shape index (κ2) is 8.80. The quantitative estimate of drug-likeness (QED) is 0.586. The lowest BCUT2D eigenvalue weighted by Gasteiger charge is -2.12. The Balaban J connectivity index is 1.52. The summed E-state index contributed by atoms with van der Waals surface area (Å²) < 4.78 is 15.3. The van der Waals surface area contributed by atoms with E-state index in [2.05, 4.69) is 10.3 Å². The zero-order valence-electron chi connectivity index (χ0n) is 17.3. The van der Waals surface area contributed by atoms with Crippen LogP contribution in [0.2, 0.25) is 0 Å². The Kier molecular flexibility index (Phi) is 5.91. The Morgan fingerprint density at radius 2 is 1.91 bits per heavy atom. The molecule has 32 heavy (non-hydrogen) atoms. The highest BCUT2D eigenvalue weighted by atomic mass is 32.2. The van der Waals surface area contributed by atoms with Crippen molar-refractivity contribution in [2.45, 2.75) is 13.8 Å². The van der Waals surface area contributed by atoms with E-state index < -0.39 is 29.4 Å². The van der Waals surface area contributed by atoms with Crippen molar-refractivity contribution in [1.29, 1.82) is 0 Å². The van der Waals surface area contributed by atoms with Crippen molar-refractivity contribution in [3.05, 3.63) is 82.5 Å². The van der Waals surface area contributed by atoms with Crippen molar-refractivity contribution < 1.29 is 18.8 Å². The molecule has 1 aliphatic heterocycles. The van der Waals surface area contributed by atoms with Gasteiger partial charge in [0.1, 0.15) is 12.4 Å². The normalized spacial score (nSPS) is 15.0. The maximum absolute atomic E-state index is 13.3. The number of nitrogens with zero attached hydrogens (tertiary/aromatic N) is 3. The van der Waals surface area contributed by atoms with E-state index in [0.717, 1.165) is 45.4 Å². The van der Waals surface area contributed by atoms with E-state index >= 15 is 0 Å². The number of carbonyl (C=O) groups is 3. The number of hydrogen-bond donors (Lipinski definition) is 1. The van der Waals surface area contributed by atoms with Gasteiger partial charge in [-0.25, -0.2) is 4.39 Å². The number of aryl methyl sites for hydroxylation is 1. The minimum absolute atomic E-state index is 0.239. The number of hydrogen-bond acceptors (Lipinski definition) is 5. The van der Waals surface area contributed by atoms with E-state index in [9.17, 15) is 18.8 Å². The standard InChI is InChI=1S/C23H19FN4O3S/c1-14-10-16(15(2)28(14)19-6-8-25-9-7-19)11-20-22(30)27(23(31)32-20)13-21(29)26-18-5-3-4-17(24)12-18/h3-12H,13H2,1-2H3,(H,26,29)/b20-11+. The first-order valence-corrected chi connectivity index (χ1v) is 10.6. The molecule has 162 valence electrons. The monoisotopic (exact) mass is 450 g/mol. The third-order valence-electron chi connectivity index (χ3n) is 4.96. The van der Waals surface area contributed by atoms with Crippen LogP contribution >= 0.6 is 11.8 Å². The summed E-state index contributed by atoms with van der Waals surface area (Å²) in [4.78, 5) is 42.6. The zero-order valence-corrected chi connectivity index (χ0v) is 18.1. The lowest BCUT2D eigenvalue weighted by Crippen LogP contribution is -2.36. The number of pyridine rings is 1. The first-order chi connectivity index (χ1) is 15.3. The van der Waals surface area contributed by atoms with Crippen molar-refractivity contribution in [2.24, 2.45) is 0 Å². The lowest BCUT2D eigenvalue weighted by molar-refractivity contribution is -0.127. The van der Waals surface area contributed by atoms with Crippen LogP contribution in [0.4, 0.5) is 14.9 Å². The highest BCUT2D eigenvalue weighted by molar-refractivity contribution is 8.18. The van der Waals surface area contributed by atoms with Gasteiger partial charge in [-0.05, 0) is 73.6 Å². The number of nitrogens with one attached hydrogen (secondary N) is 1. The van der Waals surface area contributed by atoms with E-state index in [-0.39, 0.29) is 10.6 Å². The number of carbonyl (C=O) groups excluding carboxylic acids is 3. The Morgan fingerprint density at radius 3 is 2.62 bits per heavy atom. The largest absolute Gasteiger partial charge is 0.324 e. The molecule has 1 N–H and O–H groups in total. The van der Waals surface area contributed by atoms with Crippen LogP contribution in [0.3, 0.4) is 0 Å². The molecule has 0 spiro atoms. The smallest absolute Gasteiger partial charge is 0.294 e. The number of halogens is 1. The topological polar surface area (TPSA) is 84.3 Å². The molecule has 3 amide bonds. The van der Waals surface area contributed by atoms with Gasteiger partial charge in [0.25, 0.3) is 11.1 Å². The first kappa shape index (κ1) is 21.5. The Morgan fingerprint density at radius 1 is 1.16 bits per heavy atom. The molecule has 4 rings (SSSR count). The summed E-state index contributed by atoms with van der Waals surface area (Å²) >= 11 is 0.786. The first-order valence-electron chi connectivity index (χ1n) is 9.73. The van der Waals surface area contributed by atoms with E-state index in [1.807, 2.05) is 36.6 Å². The van der Waals surface area contributed by atoms with Gasteiger partial charge < -0.3 is 9.88 Å². The van der Waals surface area contributed by atoms with Crippen LogP contribution in [-0.4, -0.2) is 38.0 Å². The van der Waals surface area contributed by atoms with Crippen molar-refractivity contribution in [1.82, 2.24) is 14.5 Å². The summed E-state index contributed by atoms with van der Waals surface area (Å²) in [5.41, 5.74) is 3.87. The summed E-state index contributed by atoms with van der Waals surface area (Å²) in [6, 6.07) is 11.1. The van der Waals surface area contributed by atoms with Crippen molar-refractivity contribution >= 4 is 40.6 Å². The molecule has 1 aromatic carbocycles. The van der Waals surface area contributed by atoms with E-state index in [0.29, 0.717) is 0 Å². The molecular formula is C23H19FN4O3S. The SMILES string of the molecule is Cc1cc(/C=C2/SC(=O)N(CC(=O)Nc3cccc(F)c3)C2=O)c(C)n1-c1ccncc1. The number of thioether (sulfide) groups is 1. The van der Waals surface area contributed by atoms with Crippen LogP contribution < -0.4 is 5.32 Å². The minimum atomic E-state index is -0.588. The van der Waals surface area contributed by atoms with Crippen LogP contribution in [0.1, 0.15) is 17.0 Å². The Labute approximate surface area is 187 Å². The summed E-state index contributed by atoms with van der Waals surface area (Å²) in [5.74, 6) is -1.63.